The van der Waals surface area contributed by atoms with E-state index in [0.717, 1.165) is 54.9 Å². The van der Waals surface area contributed by atoms with Crippen molar-refractivity contribution in [3.63, 3.8) is 0 Å². The number of phenolic OH excluding ortho intramolecular Hbond substituents is 2. The number of phenols is 2. The van der Waals surface area contributed by atoms with Crippen molar-refractivity contribution in [2.75, 3.05) is 0 Å². The highest BCUT2D eigenvalue weighted by molar-refractivity contribution is 6.02. The Hall–Kier alpha value is -6.12. The predicted molar refractivity (Wildman–Crippen MR) is 193 cm³/mol. The standard InChI is InChI=1S/C45H30O2/c46-43-25-23-39(33-15-7-9-17-37(33)43)45(40-24-26-44(47)38-18-10-8-16-34(38)40)41-27-31(29-11-3-1-4-12-29)19-21-35(41)36-22-20-32(28-42(36)45)30-13-5-2-6-14-30/h1-28,46-47H. The Morgan fingerprint density at radius 2 is 0.681 bits per heavy atom. The molecule has 8 aromatic rings. The quantitative estimate of drug-likeness (QED) is 0.210. The van der Waals surface area contributed by atoms with Crippen molar-refractivity contribution >= 4 is 21.5 Å². The third-order valence-electron chi connectivity index (χ3n) is 9.96. The van der Waals surface area contributed by atoms with Crippen LogP contribution >= 0.6 is 0 Å². The van der Waals surface area contributed by atoms with Crippen molar-refractivity contribution in [3.05, 3.63) is 192 Å². The number of rotatable bonds is 4. The largest absolute Gasteiger partial charge is 0.507 e. The molecule has 1 aliphatic rings. The Bertz CT molecular complexity index is 2300. The monoisotopic (exact) mass is 602 g/mol. The van der Waals surface area contributed by atoms with Crippen LogP contribution in [-0.4, -0.2) is 10.2 Å². The SMILES string of the molecule is Oc1ccc(C2(c3ccc(O)c4ccccc34)c3cc(-c4ccccc4)ccc3-c3ccc(-c4ccccc4)cc32)c2ccccc12. The Kier molecular flexibility index (Phi) is 6.06. The number of aromatic hydroxyl groups is 2. The Morgan fingerprint density at radius 1 is 0.298 bits per heavy atom. The smallest absolute Gasteiger partial charge is 0.123 e. The molecule has 0 fully saturated rings. The van der Waals surface area contributed by atoms with E-state index in [9.17, 15) is 10.2 Å². The van der Waals surface area contributed by atoms with Crippen molar-refractivity contribution < 1.29 is 10.2 Å². The third kappa shape index (κ3) is 3.98. The van der Waals surface area contributed by atoms with Crippen LogP contribution in [0, 0.1) is 0 Å². The lowest BCUT2D eigenvalue weighted by molar-refractivity contribution is 0.481. The lowest BCUT2D eigenvalue weighted by Gasteiger charge is -2.36. The highest BCUT2D eigenvalue weighted by Gasteiger charge is 2.48. The molecule has 9 rings (SSSR count). The summed E-state index contributed by atoms with van der Waals surface area (Å²) in [5.74, 6) is 0.508. The molecule has 0 unspecified atom stereocenters. The molecule has 8 aromatic carbocycles. The highest BCUT2D eigenvalue weighted by atomic mass is 16.3. The fourth-order valence-corrected chi connectivity index (χ4v) is 7.89. The van der Waals surface area contributed by atoms with Crippen molar-refractivity contribution in [2.24, 2.45) is 0 Å². The molecule has 0 spiro atoms. The second-order valence-electron chi connectivity index (χ2n) is 12.4. The van der Waals surface area contributed by atoms with E-state index in [-0.39, 0.29) is 11.5 Å². The van der Waals surface area contributed by atoms with Crippen molar-refractivity contribution in [2.45, 2.75) is 5.41 Å². The van der Waals surface area contributed by atoms with Gasteiger partial charge >= 0.3 is 0 Å². The van der Waals surface area contributed by atoms with Gasteiger partial charge in [-0.25, -0.2) is 0 Å². The zero-order valence-electron chi connectivity index (χ0n) is 25.6. The predicted octanol–water partition coefficient (Wildman–Crippen LogP) is 11.1. The van der Waals surface area contributed by atoms with E-state index in [1.807, 2.05) is 60.7 Å². The van der Waals surface area contributed by atoms with Crippen LogP contribution in [0.3, 0.4) is 0 Å². The molecule has 0 saturated heterocycles. The summed E-state index contributed by atoms with van der Waals surface area (Å²) in [6.45, 7) is 0. The third-order valence-corrected chi connectivity index (χ3v) is 9.96. The van der Waals surface area contributed by atoms with Gasteiger partial charge in [0.25, 0.3) is 0 Å². The average Bonchev–Trinajstić information content (AvgIpc) is 3.42. The maximum absolute atomic E-state index is 11.1. The lowest BCUT2D eigenvalue weighted by Crippen LogP contribution is -2.29. The van der Waals surface area contributed by atoms with E-state index in [0.29, 0.717) is 0 Å². The molecule has 0 saturated carbocycles. The molecule has 2 N–H and O–H groups in total. The van der Waals surface area contributed by atoms with Crippen LogP contribution in [0.5, 0.6) is 11.5 Å². The van der Waals surface area contributed by atoms with E-state index in [1.165, 1.54) is 22.3 Å². The first kappa shape index (κ1) is 27.2. The van der Waals surface area contributed by atoms with Crippen LogP contribution < -0.4 is 0 Å². The number of hydrogen-bond donors (Lipinski definition) is 2. The number of fused-ring (bicyclic) bond motifs is 5. The molecule has 0 amide bonds. The number of hydrogen-bond acceptors (Lipinski definition) is 2. The summed E-state index contributed by atoms with van der Waals surface area (Å²) in [6, 6.07) is 58.9. The lowest BCUT2D eigenvalue weighted by atomic mass is 9.65. The summed E-state index contributed by atoms with van der Waals surface area (Å²) < 4.78 is 0. The van der Waals surface area contributed by atoms with E-state index in [4.69, 9.17) is 0 Å². The zero-order valence-corrected chi connectivity index (χ0v) is 25.6. The Morgan fingerprint density at radius 3 is 1.11 bits per heavy atom. The summed E-state index contributed by atoms with van der Waals surface area (Å²) in [6.07, 6.45) is 0. The molecule has 0 bridgehead atoms. The van der Waals surface area contributed by atoms with Crippen LogP contribution in [0.2, 0.25) is 0 Å². The Labute approximate surface area is 273 Å². The van der Waals surface area contributed by atoms with Gasteiger partial charge in [0.1, 0.15) is 11.5 Å². The molecule has 2 heteroatoms. The van der Waals surface area contributed by atoms with Gasteiger partial charge in [0.05, 0.1) is 5.41 Å². The summed E-state index contributed by atoms with van der Waals surface area (Å²) in [5, 5.41) is 25.9. The minimum absolute atomic E-state index is 0.254. The molecule has 0 aromatic heterocycles. The van der Waals surface area contributed by atoms with Gasteiger partial charge in [0.2, 0.25) is 0 Å². The second-order valence-corrected chi connectivity index (χ2v) is 12.4. The maximum Gasteiger partial charge on any atom is 0.123 e. The first-order chi connectivity index (χ1) is 23.1. The van der Waals surface area contributed by atoms with E-state index >= 15 is 0 Å². The molecule has 222 valence electrons. The average molecular weight is 603 g/mol. The van der Waals surface area contributed by atoms with Crippen LogP contribution in [0.25, 0.3) is 54.9 Å². The molecule has 0 heterocycles. The summed E-state index contributed by atoms with van der Waals surface area (Å²) >= 11 is 0. The van der Waals surface area contributed by atoms with Crippen LogP contribution in [0.4, 0.5) is 0 Å². The minimum atomic E-state index is -0.791. The van der Waals surface area contributed by atoms with Gasteiger partial charge in [-0.15, -0.1) is 0 Å². The normalized spacial score (nSPS) is 13.0. The molecular weight excluding hydrogens is 572 g/mol. The van der Waals surface area contributed by atoms with Gasteiger partial charge in [-0.1, -0.05) is 146 Å². The highest BCUT2D eigenvalue weighted by Crippen LogP contribution is 2.60. The first-order valence-electron chi connectivity index (χ1n) is 16.0. The van der Waals surface area contributed by atoms with Crippen LogP contribution in [0.15, 0.2) is 170 Å². The second kappa shape index (κ2) is 10.5. The molecular formula is C45H30O2. The fourth-order valence-electron chi connectivity index (χ4n) is 7.89. The van der Waals surface area contributed by atoms with E-state index < -0.39 is 5.41 Å². The molecule has 47 heavy (non-hydrogen) atoms. The van der Waals surface area contributed by atoms with Crippen molar-refractivity contribution in [1.82, 2.24) is 0 Å². The van der Waals surface area contributed by atoms with Gasteiger partial charge in [-0.2, -0.15) is 0 Å². The van der Waals surface area contributed by atoms with Gasteiger partial charge < -0.3 is 10.2 Å². The van der Waals surface area contributed by atoms with E-state index in [1.54, 1.807) is 0 Å². The molecule has 2 nitrogen and oxygen atoms in total. The molecule has 0 radical (unpaired) electrons. The van der Waals surface area contributed by atoms with Crippen molar-refractivity contribution in [3.8, 4) is 44.9 Å². The van der Waals surface area contributed by atoms with Crippen LogP contribution in [-0.2, 0) is 5.41 Å². The van der Waals surface area contributed by atoms with Gasteiger partial charge in [0, 0.05) is 10.8 Å². The summed E-state index contributed by atoms with van der Waals surface area (Å²) in [5.41, 5.74) is 10.6. The topological polar surface area (TPSA) is 40.5 Å². The van der Waals surface area contributed by atoms with E-state index in [2.05, 4.69) is 109 Å². The summed E-state index contributed by atoms with van der Waals surface area (Å²) in [7, 11) is 0. The zero-order chi connectivity index (χ0) is 31.5. The molecule has 0 aliphatic heterocycles. The van der Waals surface area contributed by atoms with Gasteiger partial charge in [0.15, 0.2) is 0 Å². The van der Waals surface area contributed by atoms with Crippen LogP contribution in [0.1, 0.15) is 22.3 Å². The molecule has 0 atom stereocenters. The van der Waals surface area contributed by atoms with Crippen molar-refractivity contribution in [1.29, 1.82) is 0 Å². The minimum Gasteiger partial charge on any atom is -0.507 e. The Balaban J connectivity index is 1.50. The summed E-state index contributed by atoms with van der Waals surface area (Å²) in [4.78, 5) is 0. The first-order valence-corrected chi connectivity index (χ1v) is 16.0. The maximum atomic E-state index is 11.1. The molecule has 1 aliphatic carbocycles. The van der Waals surface area contributed by atoms with Gasteiger partial charge in [-0.05, 0) is 90.7 Å². The number of benzene rings is 8. The fraction of sp³-hybridized carbons (Fsp3) is 0.0222. The van der Waals surface area contributed by atoms with Gasteiger partial charge in [-0.3, -0.25) is 0 Å².